The van der Waals surface area contributed by atoms with Crippen LogP contribution in [-0.4, -0.2) is 42.4 Å². The summed E-state index contributed by atoms with van der Waals surface area (Å²) in [5, 5.41) is 3.35. The molecule has 0 bridgehead atoms. The molecule has 1 aliphatic heterocycles. The second-order valence-electron chi connectivity index (χ2n) is 4.48. The molecule has 0 spiro atoms. The van der Waals surface area contributed by atoms with Gasteiger partial charge in [0.15, 0.2) is 11.0 Å². The Hall–Kier alpha value is -1.53. The lowest BCUT2D eigenvalue weighted by Crippen LogP contribution is -2.49. The molecular weight excluding hydrogens is 270 g/mol. The van der Waals surface area contributed by atoms with Gasteiger partial charge < -0.3 is 20.4 Å². The third-order valence-electron chi connectivity index (χ3n) is 3.12. The number of amides is 2. The zero-order valence-electron chi connectivity index (χ0n) is 10.4. The number of halogens is 1. The van der Waals surface area contributed by atoms with Crippen molar-refractivity contribution in [1.29, 1.82) is 0 Å². The number of nitrogens with one attached hydrogen (secondary N) is 1. The van der Waals surface area contributed by atoms with E-state index in [2.05, 4.69) is 5.32 Å². The van der Waals surface area contributed by atoms with Gasteiger partial charge in [-0.1, -0.05) is 0 Å². The Balaban J connectivity index is 2.16. The van der Waals surface area contributed by atoms with Gasteiger partial charge in [-0.25, -0.2) is 0 Å². The topological polar surface area (TPSA) is 88.6 Å². The van der Waals surface area contributed by atoms with E-state index in [1.165, 1.54) is 17.0 Å². The maximum atomic E-state index is 12.3. The maximum absolute atomic E-state index is 12.3. The molecule has 0 saturated carbocycles. The van der Waals surface area contributed by atoms with E-state index in [1.54, 1.807) is 0 Å². The predicted molar refractivity (Wildman–Crippen MR) is 69.8 cm³/mol. The molecule has 1 saturated heterocycles. The van der Waals surface area contributed by atoms with E-state index in [-0.39, 0.29) is 29.5 Å². The first kappa shape index (κ1) is 13.9. The average molecular weight is 286 g/mol. The molecule has 0 aromatic carbocycles. The van der Waals surface area contributed by atoms with Crippen LogP contribution in [0.1, 0.15) is 23.4 Å². The van der Waals surface area contributed by atoms with Crippen LogP contribution in [0.4, 0.5) is 0 Å². The number of rotatable bonds is 4. The second-order valence-corrected chi connectivity index (χ2v) is 4.86. The van der Waals surface area contributed by atoms with E-state index < -0.39 is 5.91 Å². The Kier molecular flexibility index (Phi) is 4.44. The van der Waals surface area contributed by atoms with Gasteiger partial charge in [0, 0.05) is 6.04 Å². The Morgan fingerprint density at radius 1 is 1.42 bits per heavy atom. The SMILES string of the molecule is NC(=O)CN(C(=O)c1ccc(Cl)o1)C1CCNCC1. The summed E-state index contributed by atoms with van der Waals surface area (Å²) in [6, 6.07) is 2.99. The van der Waals surface area contributed by atoms with Gasteiger partial charge >= 0.3 is 0 Å². The quantitative estimate of drug-likeness (QED) is 0.848. The molecule has 3 N–H and O–H groups in total. The fourth-order valence-electron chi connectivity index (χ4n) is 2.22. The Morgan fingerprint density at radius 3 is 2.63 bits per heavy atom. The summed E-state index contributed by atoms with van der Waals surface area (Å²) in [6.07, 6.45) is 1.57. The first-order valence-electron chi connectivity index (χ1n) is 6.13. The van der Waals surface area contributed by atoms with E-state index in [0.29, 0.717) is 0 Å². The van der Waals surface area contributed by atoms with Gasteiger partial charge in [0.2, 0.25) is 5.91 Å². The van der Waals surface area contributed by atoms with E-state index in [1.807, 2.05) is 0 Å². The van der Waals surface area contributed by atoms with Crippen LogP contribution in [-0.2, 0) is 4.79 Å². The molecule has 104 valence electrons. The monoisotopic (exact) mass is 285 g/mol. The van der Waals surface area contributed by atoms with Crippen LogP contribution in [0.3, 0.4) is 0 Å². The summed E-state index contributed by atoms with van der Waals surface area (Å²) in [6.45, 7) is 1.51. The normalized spacial score (nSPS) is 16.3. The first-order chi connectivity index (χ1) is 9.08. The largest absolute Gasteiger partial charge is 0.440 e. The van der Waals surface area contributed by atoms with Crippen molar-refractivity contribution in [1.82, 2.24) is 10.2 Å². The summed E-state index contributed by atoms with van der Waals surface area (Å²) in [4.78, 5) is 25.0. The number of carbonyl (C=O) groups excluding carboxylic acids is 2. The Morgan fingerprint density at radius 2 is 2.11 bits per heavy atom. The molecule has 1 aromatic heterocycles. The summed E-state index contributed by atoms with van der Waals surface area (Å²) < 4.78 is 5.11. The minimum absolute atomic E-state index is 0.00914. The van der Waals surface area contributed by atoms with E-state index >= 15 is 0 Å². The van der Waals surface area contributed by atoms with Crippen LogP contribution in [0.5, 0.6) is 0 Å². The van der Waals surface area contributed by atoms with Gasteiger partial charge in [-0.15, -0.1) is 0 Å². The first-order valence-corrected chi connectivity index (χ1v) is 6.51. The van der Waals surface area contributed by atoms with Gasteiger partial charge in [-0.05, 0) is 49.7 Å². The fourth-order valence-corrected chi connectivity index (χ4v) is 2.37. The number of carbonyl (C=O) groups is 2. The minimum Gasteiger partial charge on any atom is -0.440 e. The highest BCUT2D eigenvalue weighted by molar-refractivity contribution is 6.29. The molecule has 1 fully saturated rings. The van der Waals surface area contributed by atoms with Gasteiger partial charge in [-0.2, -0.15) is 0 Å². The Bertz CT molecular complexity index is 469. The summed E-state index contributed by atoms with van der Waals surface area (Å²) >= 11 is 5.66. The smallest absolute Gasteiger partial charge is 0.290 e. The molecule has 7 heteroatoms. The van der Waals surface area contributed by atoms with E-state index in [4.69, 9.17) is 21.8 Å². The highest BCUT2D eigenvalue weighted by Gasteiger charge is 2.29. The zero-order valence-corrected chi connectivity index (χ0v) is 11.2. The number of furan rings is 1. The lowest BCUT2D eigenvalue weighted by Gasteiger charge is -2.33. The van der Waals surface area contributed by atoms with Crippen molar-refractivity contribution < 1.29 is 14.0 Å². The lowest BCUT2D eigenvalue weighted by molar-refractivity contribution is -0.119. The number of nitrogens with two attached hydrogens (primary N) is 1. The molecule has 0 radical (unpaired) electrons. The van der Waals surface area contributed by atoms with Crippen LogP contribution in [0.25, 0.3) is 0 Å². The molecule has 0 unspecified atom stereocenters. The molecule has 19 heavy (non-hydrogen) atoms. The van der Waals surface area contributed by atoms with Crippen LogP contribution in [0.2, 0.25) is 5.22 Å². The molecule has 2 heterocycles. The lowest BCUT2D eigenvalue weighted by atomic mass is 10.0. The van der Waals surface area contributed by atoms with Gasteiger partial charge in [0.1, 0.15) is 6.54 Å². The third-order valence-corrected chi connectivity index (χ3v) is 3.32. The molecule has 1 aromatic rings. The molecule has 2 rings (SSSR count). The van der Waals surface area contributed by atoms with Crippen molar-refractivity contribution >= 4 is 23.4 Å². The molecule has 0 atom stereocenters. The van der Waals surface area contributed by atoms with Crippen molar-refractivity contribution in [3.8, 4) is 0 Å². The predicted octanol–water partition coefficient (Wildman–Crippen LogP) is 0.612. The van der Waals surface area contributed by atoms with Crippen molar-refractivity contribution in [2.24, 2.45) is 5.73 Å². The van der Waals surface area contributed by atoms with Crippen molar-refractivity contribution in [2.75, 3.05) is 19.6 Å². The number of hydrogen-bond donors (Lipinski definition) is 2. The molecule has 0 aliphatic carbocycles. The van der Waals surface area contributed by atoms with E-state index in [9.17, 15) is 9.59 Å². The highest BCUT2D eigenvalue weighted by atomic mass is 35.5. The Labute approximate surface area is 115 Å². The third kappa shape index (κ3) is 3.48. The second kappa shape index (κ2) is 6.08. The van der Waals surface area contributed by atoms with Crippen LogP contribution in [0, 0.1) is 0 Å². The standard InChI is InChI=1S/C12H16ClN3O3/c13-10-2-1-9(19-10)12(18)16(7-11(14)17)8-3-5-15-6-4-8/h1-2,8,15H,3-7H2,(H2,14,17). The van der Waals surface area contributed by atoms with Gasteiger partial charge in [0.25, 0.3) is 5.91 Å². The van der Waals surface area contributed by atoms with Crippen LogP contribution < -0.4 is 11.1 Å². The molecule has 1 aliphatic rings. The van der Waals surface area contributed by atoms with Crippen molar-refractivity contribution in [2.45, 2.75) is 18.9 Å². The van der Waals surface area contributed by atoms with Crippen LogP contribution in [0.15, 0.2) is 16.5 Å². The molecular formula is C12H16ClN3O3. The molecule has 2 amide bonds. The minimum atomic E-state index is -0.537. The molecule has 6 nitrogen and oxygen atoms in total. The summed E-state index contributed by atoms with van der Waals surface area (Å²) in [5.41, 5.74) is 5.22. The van der Waals surface area contributed by atoms with Gasteiger partial charge in [0.05, 0.1) is 0 Å². The summed E-state index contributed by atoms with van der Waals surface area (Å²) in [7, 11) is 0. The van der Waals surface area contributed by atoms with Crippen LogP contribution >= 0.6 is 11.6 Å². The number of primary amides is 1. The van der Waals surface area contributed by atoms with Crippen molar-refractivity contribution in [3.05, 3.63) is 23.1 Å². The number of piperidine rings is 1. The van der Waals surface area contributed by atoms with Gasteiger partial charge in [-0.3, -0.25) is 9.59 Å². The zero-order chi connectivity index (χ0) is 13.8. The van der Waals surface area contributed by atoms with E-state index in [0.717, 1.165) is 25.9 Å². The fraction of sp³-hybridized carbons (Fsp3) is 0.500. The average Bonchev–Trinajstić information content (AvgIpc) is 2.83. The van der Waals surface area contributed by atoms with Crippen molar-refractivity contribution in [3.63, 3.8) is 0 Å². The number of hydrogen-bond acceptors (Lipinski definition) is 4. The maximum Gasteiger partial charge on any atom is 0.290 e. The number of nitrogens with zero attached hydrogens (tertiary/aromatic N) is 1. The summed E-state index contributed by atoms with van der Waals surface area (Å²) in [5.74, 6) is -0.757. The highest BCUT2D eigenvalue weighted by Crippen LogP contribution is 2.19.